The van der Waals surface area contributed by atoms with Crippen molar-refractivity contribution < 1.29 is 28.2 Å². The molecule has 0 radical (unpaired) electrons. The average molecular weight is 528 g/mol. The zero-order valence-electron chi connectivity index (χ0n) is 21.3. The molecule has 7 heteroatoms. The van der Waals surface area contributed by atoms with Gasteiger partial charge in [-0.2, -0.15) is 0 Å². The number of amides is 1. The van der Waals surface area contributed by atoms with Crippen molar-refractivity contribution in [2.75, 3.05) is 4.90 Å². The topological polar surface area (TPSA) is 66.8 Å². The highest BCUT2D eigenvalue weighted by Gasteiger charge is 2.48. The third-order valence-corrected chi connectivity index (χ3v) is 7.06. The Labute approximate surface area is 225 Å². The van der Waals surface area contributed by atoms with E-state index in [0.717, 1.165) is 11.1 Å². The van der Waals surface area contributed by atoms with Crippen LogP contribution in [0, 0.1) is 17.6 Å². The normalized spacial score (nSPS) is 17.4. The number of carbonyl (C=O) groups is 2. The predicted octanol–water partition coefficient (Wildman–Crippen LogP) is 7.13. The van der Waals surface area contributed by atoms with Gasteiger partial charge in [-0.05, 0) is 72.0 Å². The number of rotatable bonds is 8. The fraction of sp³-hybridized carbons (Fsp3) is 0.188. The Kier molecular flexibility index (Phi) is 7.41. The van der Waals surface area contributed by atoms with Crippen LogP contribution in [0.5, 0.6) is 5.75 Å². The van der Waals surface area contributed by atoms with Gasteiger partial charge in [0, 0.05) is 18.2 Å². The molecule has 0 saturated carbocycles. The Hall–Kier alpha value is -4.52. The number of hydrogen-bond acceptors (Lipinski definition) is 4. The van der Waals surface area contributed by atoms with Gasteiger partial charge in [-0.25, -0.2) is 8.78 Å². The highest BCUT2D eigenvalue weighted by atomic mass is 19.1. The number of carbonyl (C=O) groups excluding carboxylic acids is 2. The van der Waals surface area contributed by atoms with Gasteiger partial charge in [-0.15, -0.1) is 0 Å². The van der Waals surface area contributed by atoms with E-state index in [9.17, 15) is 23.5 Å². The molecule has 1 amide bonds. The molecular weight excluding hydrogens is 500 g/mol. The Morgan fingerprint density at radius 3 is 2.18 bits per heavy atom. The molecule has 1 N–H and O–H groups in total. The average Bonchev–Trinajstić information content (AvgIpc) is 2.93. The number of hydrogen-bond donors (Lipinski definition) is 1. The molecule has 1 fully saturated rings. The van der Waals surface area contributed by atoms with Crippen LogP contribution in [0.3, 0.4) is 0 Å². The molecule has 5 nitrogen and oxygen atoms in total. The van der Waals surface area contributed by atoms with Crippen LogP contribution in [0.4, 0.5) is 14.5 Å². The summed E-state index contributed by atoms with van der Waals surface area (Å²) < 4.78 is 32.6. The van der Waals surface area contributed by atoms with Crippen molar-refractivity contribution in [1.82, 2.24) is 0 Å². The largest absolute Gasteiger partial charge is 0.507 e. The summed E-state index contributed by atoms with van der Waals surface area (Å²) in [6.45, 7) is 1.31. The number of phenols is 1. The van der Waals surface area contributed by atoms with E-state index in [1.54, 1.807) is 35.2 Å². The third kappa shape index (κ3) is 5.53. The lowest BCUT2D eigenvalue weighted by Gasteiger charge is -2.48. The lowest BCUT2D eigenvalue weighted by molar-refractivity contribution is -0.147. The predicted molar refractivity (Wildman–Crippen MR) is 144 cm³/mol. The molecule has 0 bridgehead atoms. The van der Waals surface area contributed by atoms with Gasteiger partial charge in [0.25, 0.3) is 0 Å². The number of esters is 1. The molecule has 39 heavy (non-hydrogen) atoms. The van der Waals surface area contributed by atoms with Crippen molar-refractivity contribution in [2.24, 2.45) is 5.92 Å². The Bertz CT molecular complexity index is 1470. The van der Waals surface area contributed by atoms with Gasteiger partial charge in [0.05, 0.1) is 12.0 Å². The smallest absolute Gasteiger partial charge is 0.303 e. The monoisotopic (exact) mass is 527 g/mol. The van der Waals surface area contributed by atoms with Gasteiger partial charge in [-0.1, -0.05) is 54.6 Å². The van der Waals surface area contributed by atoms with Crippen molar-refractivity contribution in [3.8, 4) is 16.9 Å². The number of β-lactam (4-membered cyclic amide) rings is 1. The molecule has 1 aliphatic heterocycles. The zero-order chi connectivity index (χ0) is 27.5. The highest BCUT2D eigenvalue weighted by Crippen LogP contribution is 2.48. The fourth-order valence-electron chi connectivity index (χ4n) is 5.20. The minimum atomic E-state index is -0.648. The van der Waals surface area contributed by atoms with Crippen LogP contribution in [-0.2, 0) is 14.3 Å². The maximum absolute atomic E-state index is 13.6. The van der Waals surface area contributed by atoms with Crippen molar-refractivity contribution in [3.63, 3.8) is 0 Å². The number of halogens is 2. The molecule has 198 valence electrons. The second kappa shape index (κ2) is 11.1. The van der Waals surface area contributed by atoms with E-state index >= 15 is 0 Å². The molecule has 0 spiro atoms. The molecule has 1 saturated heterocycles. The van der Waals surface area contributed by atoms with Crippen LogP contribution in [0.2, 0.25) is 0 Å². The molecule has 4 aromatic carbocycles. The van der Waals surface area contributed by atoms with Gasteiger partial charge in [0.15, 0.2) is 0 Å². The summed E-state index contributed by atoms with van der Waals surface area (Å²) in [6.07, 6.45) is 0.0616. The maximum atomic E-state index is 13.6. The Morgan fingerprint density at radius 2 is 1.56 bits per heavy atom. The van der Waals surface area contributed by atoms with Crippen LogP contribution in [0.25, 0.3) is 11.1 Å². The molecule has 0 unspecified atom stereocenters. The van der Waals surface area contributed by atoms with E-state index in [1.807, 2.05) is 42.5 Å². The molecular formula is C32H27F2NO4. The standard InChI is InChI=1S/C32H27F2NO4/c1-20(36)39-30(22-7-10-24(33)11-8-22)18-17-28-31(35(32(28)38)26-14-12-25(34)13-15-26)23-9-16-27(29(37)19-23)21-5-3-2-4-6-21/h2-16,19,28,30-31,37H,17-18H2,1H3/t28-,30+,31-/m1/s1. The second-order valence-corrected chi connectivity index (χ2v) is 9.61. The van der Waals surface area contributed by atoms with E-state index in [-0.39, 0.29) is 11.7 Å². The quantitative estimate of drug-likeness (QED) is 0.196. The van der Waals surface area contributed by atoms with Gasteiger partial charge < -0.3 is 14.7 Å². The third-order valence-electron chi connectivity index (χ3n) is 7.06. The molecule has 3 atom stereocenters. The lowest BCUT2D eigenvalue weighted by atomic mass is 9.78. The van der Waals surface area contributed by atoms with E-state index in [2.05, 4.69) is 0 Å². The lowest BCUT2D eigenvalue weighted by Crippen LogP contribution is -2.55. The maximum Gasteiger partial charge on any atom is 0.303 e. The number of aromatic hydroxyl groups is 1. The van der Waals surface area contributed by atoms with Gasteiger partial charge in [-0.3, -0.25) is 9.59 Å². The van der Waals surface area contributed by atoms with Gasteiger partial charge in [0.2, 0.25) is 5.91 Å². The van der Waals surface area contributed by atoms with E-state index in [4.69, 9.17) is 4.74 Å². The van der Waals surface area contributed by atoms with Crippen molar-refractivity contribution in [1.29, 1.82) is 0 Å². The second-order valence-electron chi connectivity index (χ2n) is 9.61. The SMILES string of the molecule is CC(=O)O[C@@H](CC[C@H]1C(=O)N(c2ccc(F)cc2)[C@@H]1c1ccc(-c2ccccc2)c(O)c1)c1ccc(F)cc1. The van der Waals surface area contributed by atoms with Crippen molar-refractivity contribution in [3.05, 3.63) is 120 Å². The zero-order valence-corrected chi connectivity index (χ0v) is 21.3. The number of anilines is 1. The van der Waals surface area contributed by atoms with Crippen LogP contribution in [0.1, 0.15) is 43.0 Å². The van der Waals surface area contributed by atoms with Gasteiger partial charge in [0.1, 0.15) is 23.5 Å². The summed E-state index contributed by atoms with van der Waals surface area (Å²) in [5.41, 5.74) is 3.44. The fourth-order valence-corrected chi connectivity index (χ4v) is 5.20. The number of nitrogens with zero attached hydrogens (tertiary/aromatic N) is 1. The van der Waals surface area contributed by atoms with Crippen LogP contribution < -0.4 is 4.90 Å². The number of benzene rings is 4. The highest BCUT2D eigenvalue weighted by molar-refractivity contribution is 6.03. The Balaban J connectivity index is 1.45. The summed E-state index contributed by atoms with van der Waals surface area (Å²) in [6, 6.07) is 25.8. The first-order valence-corrected chi connectivity index (χ1v) is 12.7. The van der Waals surface area contributed by atoms with Gasteiger partial charge >= 0.3 is 5.97 Å². The van der Waals surface area contributed by atoms with E-state index in [1.165, 1.54) is 31.2 Å². The summed E-state index contributed by atoms with van der Waals surface area (Å²) in [4.78, 5) is 26.8. The molecule has 4 aromatic rings. The first kappa shape index (κ1) is 26.1. The van der Waals surface area contributed by atoms with Crippen LogP contribution >= 0.6 is 0 Å². The molecule has 1 heterocycles. The van der Waals surface area contributed by atoms with Crippen molar-refractivity contribution >= 4 is 17.6 Å². The summed E-state index contributed by atoms with van der Waals surface area (Å²) in [5.74, 6) is -1.83. The minimum Gasteiger partial charge on any atom is -0.507 e. The number of phenolic OH excluding ortho intramolecular Hbond substituents is 1. The minimum absolute atomic E-state index is 0.0833. The molecule has 0 aliphatic carbocycles. The first-order chi connectivity index (χ1) is 18.8. The van der Waals surface area contributed by atoms with E-state index in [0.29, 0.717) is 29.7 Å². The molecule has 1 aliphatic rings. The van der Waals surface area contributed by atoms with Crippen molar-refractivity contribution in [2.45, 2.75) is 31.9 Å². The van der Waals surface area contributed by atoms with Crippen LogP contribution in [0.15, 0.2) is 97.1 Å². The number of ether oxygens (including phenoxy) is 1. The first-order valence-electron chi connectivity index (χ1n) is 12.7. The summed E-state index contributed by atoms with van der Waals surface area (Å²) >= 11 is 0. The Morgan fingerprint density at radius 1 is 0.923 bits per heavy atom. The van der Waals surface area contributed by atoms with E-state index < -0.39 is 35.7 Å². The van der Waals surface area contributed by atoms with Crippen LogP contribution in [-0.4, -0.2) is 17.0 Å². The molecule has 5 rings (SSSR count). The summed E-state index contributed by atoms with van der Waals surface area (Å²) in [7, 11) is 0. The summed E-state index contributed by atoms with van der Waals surface area (Å²) in [5, 5.41) is 10.9. The molecule has 0 aromatic heterocycles.